The lowest BCUT2D eigenvalue weighted by Crippen LogP contribution is -2.42. The molecule has 1 aliphatic rings. The number of rotatable bonds is 4. The number of carbonyl (C=O) groups is 1. The Kier molecular flexibility index (Phi) is 6.72. The Morgan fingerprint density at radius 3 is 2.47 bits per heavy atom. The summed E-state index contributed by atoms with van der Waals surface area (Å²) in [5.41, 5.74) is 0.489. The van der Waals surface area contributed by atoms with Crippen molar-refractivity contribution in [2.45, 2.75) is 55.6 Å². The van der Waals surface area contributed by atoms with Crippen molar-refractivity contribution in [2.24, 2.45) is 5.92 Å². The SMILES string of the molecule is CC(C)(C)OC(=O)N1CCC(Cc2ccc(S(=O)(=O)c3cccc(Cl)c3)nc2)CC1. The van der Waals surface area contributed by atoms with Crippen LogP contribution in [0.2, 0.25) is 5.02 Å². The summed E-state index contributed by atoms with van der Waals surface area (Å²) in [5.74, 6) is 0.417. The molecule has 6 nitrogen and oxygen atoms in total. The Morgan fingerprint density at radius 2 is 1.90 bits per heavy atom. The zero-order chi connectivity index (χ0) is 21.9. The first-order valence-electron chi connectivity index (χ1n) is 9.98. The van der Waals surface area contributed by atoms with E-state index < -0.39 is 15.4 Å². The lowest BCUT2D eigenvalue weighted by atomic mass is 9.91. The normalized spacial score (nSPS) is 15.8. The zero-order valence-corrected chi connectivity index (χ0v) is 19.0. The van der Waals surface area contributed by atoms with E-state index in [2.05, 4.69) is 4.98 Å². The third kappa shape index (κ3) is 5.73. The summed E-state index contributed by atoms with van der Waals surface area (Å²) in [6.07, 6.45) is 3.91. The Hall–Kier alpha value is -2.12. The van der Waals surface area contributed by atoms with Gasteiger partial charge in [0.1, 0.15) is 5.60 Å². The van der Waals surface area contributed by atoms with Gasteiger partial charge in [0, 0.05) is 24.3 Å². The van der Waals surface area contributed by atoms with Gasteiger partial charge in [-0.2, -0.15) is 0 Å². The Bertz CT molecular complexity index is 993. The Morgan fingerprint density at radius 1 is 1.20 bits per heavy atom. The first-order chi connectivity index (χ1) is 14.0. The first-order valence-corrected chi connectivity index (χ1v) is 11.8. The molecule has 0 N–H and O–H groups in total. The van der Waals surface area contributed by atoms with Gasteiger partial charge in [0.25, 0.3) is 0 Å². The van der Waals surface area contributed by atoms with Crippen LogP contribution in [0.5, 0.6) is 0 Å². The predicted molar refractivity (Wildman–Crippen MR) is 115 cm³/mol. The number of ether oxygens (including phenoxy) is 1. The molecule has 30 heavy (non-hydrogen) atoms. The van der Waals surface area contributed by atoms with E-state index in [1.165, 1.54) is 12.1 Å². The summed E-state index contributed by atoms with van der Waals surface area (Å²) in [6, 6.07) is 9.52. The number of halogens is 1. The van der Waals surface area contributed by atoms with E-state index in [1.54, 1.807) is 29.3 Å². The molecule has 1 saturated heterocycles. The number of nitrogens with zero attached hydrogens (tertiary/aromatic N) is 2. The highest BCUT2D eigenvalue weighted by Crippen LogP contribution is 2.25. The number of benzene rings is 1. The molecular weight excluding hydrogens is 424 g/mol. The monoisotopic (exact) mass is 450 g/mol. The molecular formula is C22H27ClN2O4S. The lowest BCUT2D eigenvalue weighted by molar-refractivity contribution is 0.0184. The van der Waals surface area contributed by atoms with Gasteiger partial charge in [-0.15, -0.1) is 0 Å². The molecule has 1 aromatic heterocycles. The van der Waals surface area contributed by atoms with Crippen molar-refractivity contribution in [2.75, 3.05) is 13.1 Å². The molecule has 1 amide bonds. The minimum Gasteiger partial charge on any atom is -0.444 e. The fourth-order valence-corrected chi connectivity index (χ4v) is 4.90. The molecule has 3 rings (SSSR count). The summed E-state index contributed by atoms with van der Waals surface area (Å²) in [6.45, 7) is 6.91. The summed E-state index contributed by atoms with van der Waals surface area (Å²) in [5, 5.41) is 0.374. The summed E-state index contributed by atoms with van der Waals surface area (Å²) in [7, 11) is -3.70. The van der Waals surface area contributed by atoms with Gasteiger partial charge >= 0.3 is 6.09 Å². The van der Waals surface area contributed by atoms with Crippen molar-refractivity contribution in [3.63, 3.8) is 0 Å². The van der Waals surface area contributed by atoms with Crippen LogP contribution < -0.4 is 0 Å². The summed E-state index contributed by atoms with van der Waals surface area (Å²) in [4.78, 5) is 18.2. The number of hydrogen-bond acceptors (Lipinski definition) is 5. The molecule has 162 valence electrons. The molecule has 0 saturated carbocycles. The fraction of sp³-hybridized carbons (Fsp3) is 0.455. The average Bonchev–Trinajstić information content (AvgIpc) is 2.68. The highest BCUT2D eigenvalue weighted by atomic mass is 35.5. The van der Waals surface area contributed by atoms with Crippen molar-refractivity contribution in [3.05, 3.63) is 53.2 Å². The largest absolute Gasteiger partial charge is 0.444 e. The molecule has 2 heterocycles. The van der Waals surface area contributed by atoms with E-state index in [4.69, 9.17) is 16.3 Å². The van der Waals surface area contributed by atoms with Crippen molar-refractivity contribution in [1.29, 1.82) is 0 Å². The van der Waals surface area contributed by atoms with E-state index >= 15 is 0 Å². The quantitative estimate of drug-likeness (QED) is 0.671. The number of likely N-dealkylation sites (tertiary alicyclic amines) is 1. The fourth-order valence-electron chi connectivity index (χ4n) is 3.43. The molecule has 0 atom stereocenters. The third-order valence-electron chi connectivity index (χ3n) is 4.97. The van der Waals surface area contributed by atoms with Crippen LogP contribution in [0.3, 0.4) is 0 Å². The summed E-state index contributed by atoms with van der Waals surface area (Å²) >= 11 is 5.92. The van der Waals surface area contributed by atoms with Gasteiger partial charge in [0.2, 0.25) is 9.84 Å². The lowest BCUT2D eigenvalue weighted by Gasteiger charge is -2.33. The third-order valence-corrected chi connectivity index (χ3v) is 6.87. The van der Waals surface area contributed by atoms with Crippen LogP contribution >= 0.6 is 11.6 Å². The van der Waals surface area contributed by atoms with E-state index in [0.717, 1.165) is 24.8 Å². The Balaban J connectivity index is 1.59. The second kappa shape index (κ2) is 8.94. The highest BCUT2D eigenvalue weighted by molar-refractivity contribution is 7.91. The summed E-state index contributed by atoms with van der Waals surface area (Å²) < 4.78 is 30.9. The number of pyridine rings is 1. The van der Waals surface area contributed by atoms with E-state index in [1.807, 2.05) is 26.8 Å². The second-order valence-electron chi connectivity index (χ2n) is 8.58. The minimum absolute atomic E-state index is 0.00765. The number of piperidine rings is 1. The van der Waals surface area contributed by atoms with E-state index in [0.29, 0.717) is 24.0 Å². The van der Waals surface area contributed by atoms with Gasteiger partial charge in [-0.1, -0.05) is 23.7 Å². The van der Waals surface area contributed by atoms with Crippen molar-refractivity contribution in [3.8, 4) is 0 Å². The van der Waals surface area contributed by atoms with Gasteiger partial charge < -0.3 is 9.64 Å². The smallest absolute Gasteiger partial charge is 0.410 e. The number of aromatic nitrogens is 1. The van der Waals surface area contributed by atoms with Crippen LogP contribution in [-0.4, -0.2) is 43.1 Å². The van der Waals surface area contributed by atoms with Gasteiger partial charge in [0.15, 0.2) is 5.03 Å². The molecule has 0 spiro atoms. The highest BCUT2D eigenvalue weighted by Gasteiger charge is 2.27. The van der Waals surface area contributed by atoms with Crippen molar-refractivity contribution >= 4 is 27.5 Å². The average molecular weight is 451 g/mol. The molecule has 1 aliphatic heterocycles. The Labute approximate surface area is 183 Å². The molecule has 1 aromatic carbocycles. The molecule has 8 heteroatoms. The molecule has 1 fully saturated rings. The predicted octanol–water partition coefficient (Wildman–Crippen LogP) is 4.76. The van der Waals surface area contributed by atoms with Crippen molar-refractivity contribution in [1.82, 2.24) is 9.88 Å². The van der Waals surface area contributed by atoms with Gasteiger partial charge in [-0.3, -0.25) is 0 Å². The number of amides is 1. The molecule has 2 aromatic rings. The molecule has 0 aliphatic carbocycles. The number of carbonyl (C=O) groups excluding carboxylic acids is 1. The molecule has 0 radical (unpaired) electrons. The van der Waals surface area contributed by atoms with Crippen LogP contribution in [0.1, 0.15) is 39.2 Å². The minimum atomic E-state index is -3.70. The first kappa shape index (κ1) is 22.6. The van der Waals surface area contributed by atoms with Crippen LogP contribution in [0.15, 0.2) is 52.5 Å². The van der Waals surface area contributed by atoms with Gasteiger partial charge in [-0.25, -0.2) is 18.2 Å². The van der Waals surface area contributed by atoms with Gasteiger partial charge in [-0.05, 0) is 75.8 Å². The maximum atomic E-state index is 12.7. The maximum Gasteiger partial charge on any atom is 0.410 e. The maximum absolute atomic E-state index is 12.7. The van der Waals surface area contributed by atoms with Gasteiger partial charge in [0.05, 0.1) is 4.90 Å². The second-order valence-corrected chi connectivity index (χ2v) is 10.9. The standard InChI is InChI=1S/C22H27ClN2O4S/c1-22(2,3)29-21(26)25-11-9-16(10-12-25)13-17-7-8-20(24-15-17)30(27,28)19-6-4-5-18(23)14-19/h4-8,14-16H,9-13H2,1-3H3. The molecule has 0 unspecified atom stereocenters. The van der Waals surface area contributed by atoms with Crippen LogP contribution in [0.4, 0.5) is 4.79 Å². The van der Waals surface area contributed by atoms with Crippen LogP contribution in [0.25, 0.3) is 0 Å². The van der Waals surface area contributed by atoms with Crippen molar-refractivity contribution < 1.29 is 17.9 Å². The van der Waals surface area contributed by atoms with Crippen LogP contribution in [0, 0.1) is 5.92 Å². The topological polar surface area (TPSA) is 76.6 Å². The zero-order valence-electron chi connectivity index (χ0n) is 17.5. The number of sulfone groups is 1. The van der Waals surface area contributed by atoms with E-state index in [9.17, 15) is 13.2 Å². The van der Waals surface area contributed by atoms with E-state index in [-0.39, 0.29) is 16.0 Å². The van der Waals surface area contributed by atoms with Crippen LogP contribution in [-0.2, 0) is 21.0 Å². The molecule has 0 bridgehead atoms. The number of hydrogen-bond donors (Lipinski definition) is 0.